The largest absolute Gasteiger partial charge is 0.444 e. The topological polar surface area (TPSA) is 87.7 Å². The third-order valence-electron chi connectivity index (χ3n) is 5.18. The molecule has 0 aromatic heterocycles. The molecule has 0 bridgehead atoms. The second-order valence-corrected chi connectivity index (χ2v) is 9.33. The number of ether oxygens (including phenoxy) is 1. The van der Waals surface area contributed by atoms with Gasteiger partial charge in [0, 0.05) is 12.6 Å². The van der Waals surface area contributed by atoms with E-state index in [0.29, 0.717) is 13.0 Å². The Morgan fingerprint density at radius 1 is 1.09 bits per heavy atom. The van der Waals surface area contributed by atoms with Gasteiger partial charge >= 0.3 is 6.09 Å². The van der Waals surface area contributed by atoms with Crippen molar-refractivity contribution in [1.29, 1.82) is 0 Å². The van der Waals surface area contributed by atoms with E-state index in [1.165, 1.54) is 0 Å². The molecular formula is C25H41N3O4. The van der Waals surface area contributed by atoms with Crippen molar-refractivity contribution >= 4 is 17.9 Å². The molecule has 0 heterocycles. The van der Waals surface area contributed by atoms with Crippen molar-refractivity contribution in [2.45, 2.75) is 92.3 Å². The first-order chi connectivity index (χ1) is 14.9. The van der Waals surface area contributed by atoms with E-state index in [1.807, 2.05) is 45.9 Å². The Bertz CT molecular complexity index is 786. The molecule has 2 N–H and O–H groups in total. The normalized spacial score (nSPS) is 13.1. The van der Waals surface area contributed by atoms with Crippen molar-refractivity contribution in [3.05, 3.63) is 34.9 Å². The van der Waals surface area contributed by atoms with Crippen LogP contribution in [0.15, 0.2) is 18.2 Å². The fraction of sp³-hybridized carbons (Fsp3) is 0.640. The quantitative estimate of drug-likeness (QED) is 0.556. The molecule has 2 unspecified atom stereocenters. The minimum Gasteiger partial charge on any atom is -0.444 e. The number of carbonyl (C=O) groups excluding carboxylic acids is 3. The van der Waals surface area contributed by atoms with Crippen LogP contribution >= 0.6 is 0 Å². The van der Waals surface area contributed by atoms with E-state index < -0.39 is 17.7 Å². The SMILES string of the molecule is CCCC(C)NC(=O)C(c1cccc(C)c1C)N(CCC)C(=O)CNC(=O)OC(C)(C)C. The van der Waals surface area contributed by atoms with Gasteiger partial charge in [0.05, 0.1) is 0 Å². The number of alkyl carbamates (subject to hydrolysis) is 1. The highest BCUT2D eigenvalue weighted by Gasteiger charge is 2.33. The highest BCUT2D eigenvalue weighted by atomic mass is 16.6. The van der Waals surface area contributed by atoms with E-state index in [0.717, 1.165) is 29.5 Å². The minimum atomic E-state index is -0.776. The molecule has 0 fully saturated rings. The fourth-order valence-electron chi connectivity index (χ4n) is 3.55. The molecule has 180 valence electrons. The van der Waals surface area contributed by atoms with E-state index >= 15 is 0 Å². The maximum Gasteiger partial charge on any atom is 0.408 e. The third kappa shape index (κ3) is 8.52. The van der Waals surface area contributed by atoms with Gasteiger partial charge in [-0.05, 0) is 71.1 Å². The summed E-state index contributed by atoms with van der Waals surface area (Å²) in [4.78, 5) is 40.2. The number of amides is 3. The molecule has 3 amide bonds. The molecule has 0 saturated heterocycles. The minimum absolute atomic E-state index is 0.00131. The molecule has 1 aromatic carbocycles. The molecule has 7 heteroatoms. The van der Waals surface area contributed by atoms with E-state index in [1.54, 1.807) is 25.7 Å². The van der Waals surface area contributed by atoms with Gasteiger partial charge in [-0.1, -0.05) is 38.5 Å². The van der Waals surface area contributed by atoms with Crippen molar-refractivity contribution in [3.63, 3.8) is 0 Å². The van der Waals surface area contributed by atoms with Crippen LogP contribution < -0.4 is 10.6 Å². The van der Waals surface area contributed by atoms with Crippen molar-refractivity contribution in [2.24, 2.45) is 0 Å². The maximum absolute atomic E-state index is 13.4. The number of hydrogen-bond donors (Lipinski definition) is 2. The van der Waals surface area contributed by atoms with Crippen LogP contribution in [0.2, 0.25) is 0 Å². The lowest BCUT2D eigenvalue weighted by Gasteiger charge is -2.33. The molecule has 0 radical (unpaired) electrons. The third-order valence-corrected chi connectivity index (χ3v) is 5.18. The van der Waals surface area contributed by atoms with Gasteiger partial charge < -0.3 is 20.3 Å². The van der Waals surface area contributed by atoms with E-state index in [9.17, 15) is 14.4 Å². The molecule has 0 aliphatic heterocycles. The van der Waals surface area contributed by atoms with Crippen LogP contribution in [0.3, 0.4) is 0 Å². The lowest BCUT2D eigenvalue weighted by atomic mass is 9.95. The summed E-state index contributed by atoms with van der Waals surface area (Å²) < 4.78 is 5.23. The second-order valence-electron chi connectivity index (χ2n) is 9.33. The Hall–Kier alpha value is -2.57. The Morgan fingerprint density at radius 3 is 2.31 bits per heavy atom. The van der Waals surface area contributed by atoms with Gasteiger partial charge in [-0.3, -0.25) is 9.59 Å². The lowest BCUT2D eigenvalue weighted by molar-refractivity contribution is -0.140. The lowest BCUT2D eigenvalue weighted by Crippen LogP contribution is -2.49. The Kier molecular flexibility index (Phi) is 10.7. The van der Waals surface area contributed by atoms with Gasteiger partial charge in [0.25, 0.3) is 0 Å². The number of benzene rings is 1. The van der Waals surface area contributed by atoms with Crippen LogP contribution in [-0.4, -0.2) is 47.5 Å². The van der Waals surface area contributed by atoms with Crippen LogP contribution in [0.25, 0.3) is 0 Å². The Morgan fingerprint density at radius 2 is 1.75 bits per heavy atom. The Labute approximate surface area is 193 Å². The van der Waals surface area contributed by atoms with Crippen molar-refractivity contribution in [3.8, 4) is 0 Å². The number of carbonyl (C=O) groups is 3. The van der Waals surface area contributed by atoms with Crippen LogP contribution in [0.5, 0.6) is 0 Å². The van der Waals surface area contributed by atoms with Gasteiger partial charge in [-0.2, -0.15) is 0 Å². The number of nitrogens with zero attached hydrogens (tertiary/aromatic N) is 1. The maximum atomic E-state index is 13.4. The highest BCUT2D eigenvalue weighted by molar-refractivity contribution is 5.90. The van der Waals surface area contributed by atoms with Crippen LogP contribution in [0.4, 0.5) is 4.79 Å². The van der Waals surface area contributed by atoms with Gasteiger partial charge in [-0.15, -0.1) is 0 Å². The summed E-state index contributed by atoms with van der Waals surface area (Å²) in [5, 5.41) is 5.60. The summed E-state index contributed by atoms with van der Waals surface area (Å²) in [6, 6.07) is 5.01. The predicted octanol–water partition coefficient (Wildman–Crippen LogP) is 4.41. The molecule has 32 heavy (non-hydrogen) atoms. The van der Waals surface area contributed by atoms with Crippen LogP contribution in [0, 0.1) is 13.8 Å². The zero-order chi connectivity index (χ0) is 24.5. The summed E-state index contributed by atoms with van der Waals surface area (Å²) in [5.74, 6) is -0.541. The van der Waals surface area contributed by atoms with E-state index in [-0.39, 0.29) is 24.4 Å². The molecule has 7 nitrogen and oxygen atoms in total. The van der Waals surface area contributed by atoms with Gasteiger partial charge in [0.1, 0.15) is 18.2 Å². The van der Waals surface area contributed by atoms with Gasteiger partial charge in [-0.25, -0.2) is 4.79 Å². The molecule has 1 aromatic rings. The zero-order valence-electron chi connectivity index (χ0n) is 21.0. The number of hydrogen-bond acceptors (Lipinski definition) is 4. The van der Waals surface area contributed by atoms with Gasteiger partial charge in [0.15, 0.2) is 0 Å². The average molecular weight is 448 g/mol. The molecule has 0 saturated carbocycles. The van der Waals surface area contributed by atoms with E-state index in [2.05, 4.69) is 17.6 Å². The number of nitrogens with one attached hydrogen (secondary N) is 2. The smallest absolute Gasteiger partial charge is 0.408 e. The first-order valence-electron chi connectivity index (χ1n) is 11.5. The molecule has 1 rings (SSSR count). The van der Waals surface area contributed by atoms with Crippen molar-refractivity contribution < 1.29 is 19.1 Å². The fourth-order valence-corrected chi connectivity index (χ4v) is 3.55. The highest BCUT2D eigenvalue weighted by Crippen LogP contribution is 2.27. The predicted molar refractivity (Wildman–Crippen MR) is 127 cm³/mol. The summed E-state index contributed by atoms with van der Waals surface area (Å²) >= 11 is 0. The van der Waals surface area contributed by atoms with Crippen molar-refractivity contribution in [2.75, 3.05) is 13.1 Å². The first-order valence-corrected chi connectivity index (χ1v) is 11.5. The molecular weight excluding hydrogens is 406 g/mol. The van der Waals surface area contributed by atoms with Crippen molar-refractivity contribution in [1.82, 2.24) is 15.5 Å². The number of aryl methyl sites for hydroxylation is 1. The average Bonchev–Trinajstić information content (AvgIpc) is 2.67. The van der Waals surface area contributed by atoms with Crippen LogP contribution in [0.1, 0.15) is 83.5 Å². The zero-order valence-corrected chi connectivity index (χ0v) is 21.0. The molecule has 0 spiro atoms. The monoisotopic (exact) mass is 447 g/mol. The summed E-state index contributed by atoms with van der Waals surface area (Å²) in [6.07, 6.45) is 1.82. The first kappa shape index (κ1) is 27.5. The molecule has 2 atom stereocenters. The van der Waals surface area contributed by atoms with E-state index in [4.69, 9.17) is 4.74 Å². The van der Waals surface area contributed by atoms with Gasteiger partial charge in [0.2, 0.25) is 11.8 Å². The summed E-state index contributed by atoms with van der Waals surface area (Å²) in [6.45, 7) is 15.4. The molecule has 0 aliphatic rings. The number of rotatable bonds is 10. The standard InChI is InChI=1S/C25H41N3O4/c1-9-12-18(4)27-23(30)22(20-14-11-13-17(3)19(20)5)28(15-10-2)21(29)16-26-24(31)32-25(6,7)8/h11,13-14,18,22H,9-10,12,15-16H2,1-8H3,(H,26,31)(H,27,30). The summed E-state index contributed by atoms with van der Waals surface area (Å²) in [5.41, 5.74) is 2.17. The second kappa shape index (κ2) is 12.5. The molecule has 0 aliphatic carbocycles. The van der Waals surface area contributed by atoms with Crippen LogP contribution in [-0.2, 0) is 14.3 Å². The summed E-state index contributed by atoms with van der Waals surface area (Å²) in [7, 11) is 0. The Balaban J connectivity index is 3.23.